The highest BCUT2D eigenvalue weighted by molar-refractivity contribution is 6.31. The van der Waals surface area contributed by atoms with Crippen molar-refractivity contribution in [2.45, 2.75) is 12.5 Å². The van der Waals surface area contributed by atoms with Crippen LogP contribution < -0.4 is 5.73 Å². The number of hydrogen-bond acceptors (Lipinski definition) is 3. The van der Waals surface area contributed by atoms with E-state index in [1.807, 2.05) is 0 Å². The van der Waals surface area contributed by atoms with Gasteiger partial charge in [0.15, 0.2) is 0 Å². The van der Waals surface area contributed by atoms with Gasteiger partial charge in [0.05, 0.1) is 12.6 Å². The minimum absolute atomic E-state index is 0.301. The lowest BCUT2D eigenvalue weighted by molar-refractivity contribution is 0.0905. The zero-order chi connectivity index (χ0) is 13.1. The number of nitrogens with two attached hydrogens (primary N) is 1. The van der Waals surface area contributed by atoms with Crippen LogP contribution in [0.15, 0.2) is 18.2 Å². The standard InChI is InChI=1S/C12H15ClN2O3/c13-10-3-2-8(14)6-9(10)11-7-18-5-1-4-15(11)12(16)17/h2-3,6,11H,1,4-5,7,14H2,(H,16,17). The van der Waals surface area contributed by atoms with Crippen molar-refractivity contribution in [2.75, 3.05) is 25.5 Å². The topological polar surface area (TPSA) is 75.8 Å². The van der Waals surface area contributed by atoms with Crippen molar-refractivity contribution >= 4 is 23.4 Å². The molecule has 1 amide bonds. The van der Waals surface area contributed by atoms with Crippen LogP contribution in [-0.2, 0) is 4.74 Å². The highest BCUT2D eigenvalue weighted by Crippen LogP contribution is 2.31. The van der Waals surface area contributed by atoms with Crippen LogP contribution in [0.4, 0.5) is 10.5 Å². The lowest BCUT2D eigenvalue weighted by Gasteiger charge is -2.27. The molecule has 1 heterocycles. The van der Waals surface area contributed by atoms with E-state index < -0.39 is 12.1 Å². The van der Waals surface area contributed by atoms with Gasteiger partial charge in [-0.3, -0.25) is 4.90 Å². The molecule has 1 aromatic carbocycles. The Morgan fingerprint density at radius 2 is 2.33 bits per heavy atom. The summed E-state index contributed by atoms with van der Waals surface area (Å²) in [6, 6.07) is 4.67. The minimum atomic E-state index is -0.969. The molecule has 1 atom stereocenters. The molecule has 1 aliphatic heterocycles. The van der Waals surface area contributed by atoms with Gasteiger partial charge in [0.25, 0.3) is 0 Å². The SMILES string of the molecule is Nc1ccc(Cl)c(C2COCCCN2C(=O)O)c1. The number of nitrogen functional groups attached to an aromatic ring is 1. The third-order valence-corrected chi connectivity index (χ3v) is 3.31. The van der Waals surface area contributed by atoms with Crippen LogP contribution in [-0.4, -0.2) is 35.9 Å². The summed E-state index contributed by atoms with van der Waals surface area (Å²) < 4.78 is 5.43. The Balaban J connectivity index is 2.37. The number of ether oxygens (including phenoxy) is 1. The molecule has 0 bridgehead atoms. The largest absolute Gasteiger partial charge is 0.465 e. The molecule has 0 saturated carbocycles. The number of carboxylic acid groups (broad SMARTS) is 1. The second kappa shape index (κ2) is 5.46. The van der Waals surface area contributed by atoms with Crippen LogP contribution in [0.1, 0.15) is 18.0 Å². The average molecular weight is 271 g/mol. The molecule has 0 spiro atoms. The van der Waals surface area contributed by atoms with E-state index in [1.165, 1.54) is 4.90 Å². The number of amides is 1. The van der Waals surface area contributed by atoms with Crippen molar-refractivity contribution < 1.29 is 14.6 Å². The Bertz CT molecular complexity index is 453. The van der Waals surface area contributed by atoms with Gasteiger partial charge < -0.3 is 15.6 Å². The zero-order valence-corrected chi connectivity index (χ0v) is 10.6. The highest BCUT2D eigenvalue weighted by Gasteiger charge is 2.28. The molecule has 3 N–H and O–H groups in total. The molecule has 1 aromatic rings. The summed E-state index contributed by atoms with van der Waals surface area (Å²) in [5.41, 5.74) is 6.98. The smallest absolute Gasteiger partial charge is 0.407 e. The Morgan fingerprint density at radius 1 is 1.56 bits per heavy atom. The maximum Gasteiger partial charge on any atom is 0.407 e. The fraction of sp³-hybridized carbons (Fsp3) is 0.417. The number of rotatable bonds is 1. The summed E-state index contributed by atoms with van der Waals surface area (Å²) in [6.45, 7) is 1.29. The number of halogens is 1. The zero-order valence-electron chi connectivity index (χ0n) is 9.80. The first-order valence-corrected chi connectivity index (χ1v) is 6.09. The normalized spacial score (nSPS) is 20.5. The fourth-order valence-electron chi connectivity index (χ4n) is 2.08. The van der Waals surface area contributed by atoms with E-state index >= 15 is 0 Å². The van der Waals surface area contributed by atoms with Crippen LogP contribution >= 0.6 is 11.6 Å². The fourth-order valence-corrected chi connectivity index (χ4v) is 2.33. The maximum absolute atomic E-state index is 11.3. The molecule has 98 valence electrons. The van der Waals surface area contributed by atoms with Gasteiger partial charge in [0.1, 0.15) is 0 Å². The summed E-state index contributed by atoms with van der Waals surface area (Å²) in [7, 11) is 0. The molecular weight excluding hydrogens is 256 g/mol. The molecule has 1 unspecified atom stereocenters. The van der Waals surface area contributed by atoms with E-state index in [2.05, 4.69) is 0 Å². The Labute approximate surface area is 110 Å². The molecule has 0 aliphatic carbocycles. The third kappa shape index (κ3) is 2.68. The molecule has 5 nitrogen and oxygen atoms in total. The summed E-state index contributed by atoms with van der Waals surface area (Å²) in [5.74, 6) is 0. The summed E-state index contributed by atoms with van der Waals surface area (Å²) in [4.78, 5) is 12.6. The predicted octanol–water partition coefficient (Wildman–Crippen LogP) is 2.36. The number of nitrogens with zero attached hydrogens (tertiary/aromatic N) is 1. The van der Waals surface area contributed by atoms with Crippen molar-refractivity contribution in [1.29, 1.82) is 0 Å². The highest BCUT2D eigenvalue weighted by atomic mass is 35.5. The molecule has 1 aliphatic rings. The van der Waals surface area contributed by atoms with Crippen molar-refractivity contribution in [3.05, 3.63) is 28.8 Å². The van der Waals surface area contributed by atoms with Crippen LogP contribution in [0.25, 0.3) is 0 Å². The van der Waals surface area contributed by atoms with Crippen LogP contribution in [0.2, 0.25) is 5.02 Å². The Kier molecular flexibility index (Phi) is 3.93. The first-order valence-electron chi connectivity index (χ1n) is 5.72. The van der Waals surface area contributed by atoms with E-state index in [9.17, 15) is 9.90 Å². The van der Waals surface area contributed by atoms with Crippen molar-refractivity contribution in [3.63, 3.8) is 0 Å². The van der Waals surface area contributed by atoms with Gasteiger partial charge in [-0.15, -0.1) is 0 Å². The third-order valence-electron chi connectivity index (χ3n) is 2.96. The van der Waals surface area contributed by atoms with Gasteiger partial charge in [0, 0.05) is 23.9 Å². The molecule has 1 saturated heterocycles. The number of anilines is 1. The molecule has 1 fully saturated rings. The second-order valence-electron chi connectivity index (χ2n) is 4.20. The van der Waals surface area contributed by atoms with Crippen molar-refractivity contribution in [1.82, 2.24) is 4.90 Å². The Hall–Kier alpha value is -1.46. The van der Waals surface area contributed by atoms with Crippen LogP contribution in [0, 0.1) is 0 Å². The Morgan fingerprint density at radius 3 is 3.06 bits per heavy atom. The van der Waals surface area contributed by atoms with Crippen molar-refractivity contribution in [3.8, 4) is 0 Å². The number of benzene rings is 1. The predicted molar refractivity (Wildman–Crippen MR) is 68.8 cm³/mol. The van der Waals surface area contributed by atoms with Gasteiger partial charge >= 0.3 is 6.09 Å². The molecule has 2 rings (SSSR count). The number of hydrogen-bond donors (Lipinski definition) is 2. The monoisotopic (exact) mass is 270 g/mol. The van der Waals surface area contributed by atoms with Gasteiger partial charge in [-0.05, 0) is 30.2 Å². The maximum atomic E-state index is 11.3. The first kappa shape index (κ1) is 13.0. The minimum Gasteiger partial charge on any atom is -0.465 e. The van der Waals surface area contributed by atoms with Crippen LogP contribution in [0.3, 0.4) is 0 Å². The lowest BCUT2D eigenvalue weighted by Crippen LogP contribution is -2.35. The summed E-state index contributed by atoms with van der Waals surface area (Å²) >= 11 is 6.12. The van der Waals surface area contributed by atoms with Crippen molar-refractivity contribution in [2.24, 2.45) is 0 Å². The quantitative estimate of drug-likeness (QED) is 0.768. The van der Waals surface area contributed by atoms with Gasteiger partial charge in [-0.1, -0.05) is 11.6 Å². The molecule has 0 aromatic heterocycles. The van der Waals surface area contributed by atoms with Crippen LogP contribution in [0.5, 0.6) is 0 Å². The summed E-state index contributed by atoms with van der Waals surface area (Å²) in [6.07, 6.45) is -0.285. The first-order chi connectivity index (χ1) is 8.59. The van der Waals surface area contributed by atoms with Gasteiger partial charge in [-0.2, -0.15) is 0 Å². The second-order valence-corrected chi connectivity index (χ2v) is 4.61. The average Bonchev–Trinajstić information content (AvgIpc) is 2.57. The van der Waals surface area contributed by atoms with E-state index in [4.69, 9.17) is 22.1 Å². The molecule has 6 heteroatoms. The van der Waals surface area contributed by atoms with Gasteiger partial charge in [-0.25, -0.2) is 4.79 Å². The lowest BCUT2D eigenvalue weighted by atomic mass is 10.1. The number of carbonyl (C=O) groups is 1. The summed E-state index contributed by atoms with van der Waals surface area (Å²) in [5, 5.41) is 9.76. The van der Waals surface area contributed by atoms with E-state index in [0.717, 1.165) is 0 Å². The molecule has 18 heavy (non-hydrogen) atoms. The molecule has 0 radical (unpaired) electrons. The van der Waals surface area contributed by atoms with E-state index in [1.54, 1.807) is 18.2 Å². The van der Waals surface area contributed by atoms with Gasteiger partial charge in [0.2, 0.25) is 0 Å². The molecular formula is C12H15ClN2O3. The van der Waals surface area contributed by atoms with E-state index in [-0.39, 0.29) is 0 Å². The van der Waals surface area contributed by atoms with E-state index in [0.29, 0.717) is 42.5 Å².